The van der Waals surface area contributed by atoms with Crippen LogP contribution in [-0.2, 0) is 9.59 Å². The third-order valence-corrected chi connectivity index (χ3v) is 3.12. The fraction of sp³-hybridized carbons (Fsp3) is 0.846. The summed E-state index contributed by atoms with van der Waals surface area (Å²) in [5.74, 6) is -2.07. The summed E-state index contributed by atoms with van der Waals surface area (Å²) in [6, 6.07) is 0. The number of carboxylic acids is 2. The Hall–Kier alpha value is -1.06. The minimum Gasteiger partial charge on any atom is -0.481 e. The van der Waals surface area contributed by atoms with Crippen LogP contribution in [-0.4, -0.2) is 22.2 Å². The molecule has 100 valence electrons. The minimum atomic E-state index is -0.772. The minimum absolute atomic E-state index is 0.255. The summed E-state index contributed by atoms with van der Waals surface area (Å²) in [5.41, 5.74) is 0. The van der Waals surface area contributed by atoms with Crippen LogP contribution in [0.2, 0.25) is 0 Å². The zero-order valence-electron chi connectivity index (χ0n) is 10.8. The third kappa shape index (κ3) is 7.77. The maximum atomic E-state index is 10.9. The first-order chi connectivity index (χ1) is 7.99. The first-order valence-electron chi connectivity index (χ1n) is 6.44. The molecule has 0 aromatic heterocycles. The maximum absolute atomic E-state index is 10.9. The number of rotatable bonds is 10. The highest BCUT2D eigenvalue weighted by molar-refractivity contribution is 5.70. The van der Waals surface area contributed by atoms with Gasteiger partial charge in [-0.15, -0.1) is 0 Å². The molecule has 0 aliphatic rings. The van der Waals surface area contributed by atoms with E-state index < -0.39 is 11.9 Å². The second kappa shape index (κ2) is 9.02. The molecule has 0 aromatic carbocycles. The van der Waals surface area contributed by atoms with Gasteiger partial charge in [0.2, 0.25) is 0 Å². The number of hydrogen-bond acceptors (Lipinski definition) is 2. The molecular weight excluding hydrogens is 220 g/mol. The molecule has 0 saturated heterocycles. The molecule has 0 bridgehead atoms. The van der Waals surface area contributed by atoms with Crippen LogP contribution in [0, 0.1) is 11.8 Å². The third-order valence-electron chi connectivity index (χ3n) is 3.12. The van der Waals surface area contributed by atoms with E-state index in [2.05, 4.69) is 0 Å². The Labute approximate surface area is 103 Å². The van der Waals surface area contributed by atoms with Gasteiger partial charge in [-0.25, -0.2) is 0 Å². The van der Waals surface area contributed by atoms with Gasteiger partial charge in [0, 0.05) is 0 Å². The molecule has 2 N–H and O–H groups in total. The molecule has 4 heteroatoms. The van der Waals surface area contributed by atoms with E-state index in [1.807, 2.05) is 6.92 Å². The van der Waals surface area contributed by atoms with Crippen molar-refractivity contribution in [2.45, 2.75) is 58.8 Å². The van der Waals surface area contributed by atoms with Gasteiger partial charge in [-0.05, 0) is 19.3 Å². The van der Waals surface area contributed by atoms with E-state index in [-0.39, 0.29) is 11.8 Å². The lowest BCUT2D eigenvalue weighted by atomic mass is 9.94. The average molecular weight is 244 g/mol. The summed E-state index contributed by atoms with van der Waals surface area (Å²) in [6.45, 7) is 3.74. The van der Waals surface area contributed by atoms with Gasteiger partial charge in [0.05, 0.1) is 11.8 Å². The maximum Gasteiger partial charge on any atom is 0.306 e. The van der Waals surface area contributed by atoms with E-state index >= 15 is 0 Å². The number of carboxylic acid groups (broad SMARTS) is 2. The van der Waals surface area contributed by atoms with Crippen molar-refractivity contribution in [3.8, 4) is 0 Å². The van der Waals surface area contributed by atoms with Crippen molar-refractivity contribution in [2.75, 3.05) is 0 Å². The fourth-order valence-corrected chi connectivity index (χ4v) is 1.81. The van der Waals surface area contributed by atoms with Crippen molar-refractivity contribution in [3.63, 3.8) is 0 Å². The highest BCUT2D eigenvalue weighted by Gasteiger charge is 2.16. The Bertz CT molecular complexity index is 238. The summed E-state index contributed by atoms with van der Waals surface area (Å²) >= 11 is 0. The second-order valence-corrected chi connectivity index (χ2v) is 4.70. The van der Waals surface area contributed by atoms with E-state index in [4.69, 9.17) is 10.2 Å². The van der Waals surface area contributed by atoms with Crippen molar-refractivity contribution in [3.05, 3.63) is 0 Å². The number of unbranched alkanes of at least 4 members (excludes halogenated alkanes) is 2. The zero-order valence-corrected chi connectivity index (χ0v) is 10.8. The van der Waals surface area contributed by atoms with Gasteiger partial charge in [-0.1, -0.05) is 39.5 Å². The molecule has 0 aromatic rings. The smallest absolute Gasteiger partial charge is 0.306 e. The lowest BCUT2D eigenvalue weighted by Gasteiger charge is -2.12. The van der Waals surface area contributed by atoms with E-state index in [0.29, 0.717) is 12.8 Å². The molecule has 0 aliphatic carbocycles. The molecule has 4 nitrogen and oxygen atoms in total. The molecule has 0 spiro atoms. The van der Waals surface area contributed by atoms with Crippen LogP contribution >= 0.6 is 0 Å². The Morgan fingerprint density at radius 3 is 1.94 bits per heavy atom. The molecule has 2 atom stereocenters. The predicted molar refractivity (Wildman–Crippen MR) is 65.9 cm³/mol. The summed E-state index contributed by atoms with van der Waals surface area (Å²) in [6.07, 6.45) is 5.60. The van der Waals surface area contributed by atoms with Crippen molar-refractivity contribution in [1.29, 1.82) is 0 Å². The van der Waals surface area contributed by atoms with E-state index in [1.54, 1.807) is 6.92 Å². The molecule has 0 aliphatic heterocycles. The van der Waals surface area contributed by atoms with Gasteiger partial charge in [0.1, 0.15) is 0 Å². The van der Waals surface area contributed by atoms with Gasteiger partial charge in [0.25, 0.3) is 0 Å². The first-order valence-corrected chi connectivity index (χ1v) is 6.44. The lowest BCUT2D eigenvalue weighted by molar-refractivity contribution is -0.143. The van der Waals surface area contributed by atoms with Gasteiger partial charge in [-0.3, -0.25) is 9.59 Å². The molecule has 2 unspecified atom stereocenters. The summed E-state index contributed by atoms with van der Waals surface area (Å²) < 4.78 is 0. The van der Waals surface area contributed by atoms with Crippen molar-refractivity contribution < 1.29 is 19.8 Å². The molecule has 0 fully saturated rings. The Morgan fingerprint density at radius 2 is 1.47 bits per heavy atom. The van der Waals surface area contributed by atoms with Crippen LogP contribution in [0.1, 0.15) is 58.8 Å². The zero-order chi connectivity index (χ0) is 13.3. The molecule has 0 radical (unpaired) electrons. The Balaban J connectivity index is 3.75. The lowest BCUT2D eigenvalue weighted by Crippen LogP contribution is -2.14. The van der Waals surface area contributed by atoms with Crippen LogP contribution in [0.3, 0.4) is 0 Å². The van der Waals surface area contributed by atoms with Crippen molar-refractivity contribution in [2.24, 2.45) is 11.8 Å². The average Bonchev–Trinajstić information content (AvgIpc) is 2.27. The quantitative estimate of drug-likeness (QED) is 0.579. The molecule has 0 heterocycles. The van der Waals surface area contributed by atoms with Crippen LogP contribution in [0.25, 0.3) is 0 Å². The largest absolute Gasteiger partial charge is 0.481 e. The monoisotopic (exact) mass is 244 g/mol. The SMILES string of the molecule is CCCCC(CCCCC(C)C(=O)O)C(=O)O. The van der Waals surface area contributed by atoms with Gasteiger partial charge in [-0.2, -0.15) is 0 Å². The summed E-state index contributed by atoms with van der Waals surface area (Å²) in [5, 5.41) is 17.7. The van der Waals surface area contributed by atoms with Gasteiger partial charge < -0.3 is 10.2 Å². The fourth-order valence-electron chi connectivity index (χ4n) is 1.81. The number of hydrogen-bond donors (Lipinski definition) is 2. The normalized spacial score (nSPS) is 14.2. The number of aliphatic carboxylic acids is 2. The molecule has 17 heavy (non-hydrogen) atoms. The van der Waals surface area contributed by atoms with Gasteiger partial charge >= 0.3 is 11.9 Å². The summed E-state index contributed by atoms with van der Waals surface area (Å²) in [7, 11) is 0. The van der Waals surface area contributed by atoms with Crippen molar-refractivity contribution in [1.82, 2.24) is 0 Å². The predicted octanol–water partition coefficient (Wildman–Crippen LogP) is 3.16. The van der Waals surface area contributed by atoms with Crippen LogP contribution in [0.15, 0.2) is 0 Å². The molecule has 0 amide bonds. The molecule has 0 rings (SSSR count). The highest BCUT2D eigenvalue weighted by Crippen LogP contribution is 2.18. The summed E-state index contributed by atoms with van der Waals surface area (Å²) in [4.78, 5) is 21.5. The van der Waals surface area contributed by atoms with Crippen molar-refractivity contribution >= 4 is 11.9 Å². The topological polar surface area (TPSA) is 74.6 Å². The van der Waals surface area contributed by atoms with Crippen LogP contribution in [0.4, 0.5) is 0 Å². The first kappa shape index (κ1) is 15.9. The van der Waals surface area contributed by atoms with E-state index in [0.717, 1.165) is 32.1 Å². The Morgan fingerprint density at radius 1 is 0.941 bits per heavy atom. The highest BCUT2D eigenvalue weighted by atomic mass is 16.4. The van der Waals surface area contributed by atoms with Gasteiger partial charge in [0.15, 0.2) is 0 Å². The standard InChI is InChI=1S/C13H24O4/c1-3-4-8-11(13(16)17)9-6-5-7-10(2)12(14)15/h10-11H,3-9H2,1-2H3,(H,14,15)(H,16,17). The second-order valence-electron chi connectivity index (χ2n) is 4.70. The Kier molecular flexibility index (Phi) is 8.46. The number of carbonyl (C=O) groups is 2. The van der Waals surface area contributed by atoms with Crippen LogP contribution < -0.4 is 0 Å². The van der Waals surface area contributed by atoms with E-state index in [1.165, 1.54) is 0 Å². The van der Waals surface area contributed by atoms with E-state index in [9.17, 15) is 9.59 Å². The van der Waals surface area contributed by atoms with Crippen LogP contribution in [0.5, 0.6) is 0 Å². The molecular formula is C13H24O4. The molecule has 0 saturated carbocycles.